The van der Waals surface area contributed by atoms with Crippen LogP contribution in [0.25, 0.3) is 16.8 Å². The molecule has 2 aromatic heterocycles. The molecule has 0 aliphatic carbocycles. The third-order valence-corrected chi connectivity index (χ3v) is 3.55. The quantitative estimate of drug-likeness (QED) is 0.731. The molecule has 0 fully saturated rings. The van der Waals surface area contributed by atoms with Gasteiger partial charge < -0.3 is 0 Å². The van der Waals surface area contributed by atoms with Gasteiger partial charge in [-0.25, -0.2) is 4.98 Å². The standard InChI is InChI=1S/C18H17N2O/c1-2-3-11-15-17(14-9-5-4-6-10-14)18(21)20-13-8-7-12-16(20)19-15/h4-9,12-13H,2-3,11H2,1H3. The van der Waals surface area contributed by atoms with Crippen LogP contribution in [-0.2, 0) is 6.42 Å². The third-order valence-electron chi connectivity index (χ3n) is 3.55. The molecule has 0 bridgehead atoms. The van der Waals surface area contributed by atoms with Gasteiger partial charge in [0.25, 0.3) is 5.56 Å². The smallest absolute Gasteiger partial charge is 0.266 e. The van der Waals surface area contributed by atoms with E-state index in [1.807, 2.05) is 42.5 Å². The Labute approximate surface area is 123 Å². The Bertz CT molecular complexity index is 806. The van der Waals surface area contributed by atoms with Crippen LogP contribution in [0.5, 0.6) is 0 Å². The van der Waals surface area contributed by atoms with Gasteiger partial charge in [0, 0.05) is 6.20 Å². The summed E-state index contributed by atoms with van der Waals surface area (Å²) in [5.74, 6) is 0. The van der Waals surface area contributed by atoms with E-state index in [1.165, 1.54) is 0 Å². The van der Waals surface area contributed by atoms with Crippen LogP contribution in [0.1, 0.15) is 25.5 Å². The average Bonchev–Trinajstić information content (AvgIpc) is 2.54. The second-order valence-electron chi connectivity index (χ2n) is 5.05. The zero-order valence-corrected chi connectivity index (χ0v) is 12.0. The topological polar surface area (TPSA) is 34.4 Å². The number of benzene rings is 1. The van der Waals surface area contributed by atoms with Crippen molar-refractivity contribution < 1.29 is 0 Å². The highest BCUT2D eigenvalue weighted by molar-refractivity contribution is 5.66. The molecule has 3 aromatic rings. The predicted molar refractivity (Wildman–Crippen MR) is 84.3 cm³/mol. The molecule has 0 aliphatic heterocycles. The third kappa shape index (κ3) is 2.59. The number of hydrogen-bond donors (Lipinski definition) is 0. The van der Waals surface area contributed by atoms with E-state index in [2.05, 4.69) is 13.0 Å². The summed E-state index contributed by atoms with van der Waals surface area (Å²) in [5, 5.41) is 0. The van der Waals surface area contributed by atoms with Gasteiger partial charge >= 0.3 is 0 Å². The summed E-state index contributed by atoms with van der Waals surface area (Å²) in [6.45, 7) is 2.14. The SMILES string of the molecule is CCCCc1nc2ccccn2c(=O)c1-c1[c]cccc1. The summed E-state index contributed by atoms with van der Waals surface area (Å²) in [6, 6.07) is 16.4. The van der Waals surface area contributed by atoms with Crippen molar-refractivity contribution in [2.24, 2.45) is 0 Å². The lowest BCUT2D eigenvalue weighted by Crippen LogP contribution is -2.19. The van der Waals surface area contributed by atoms with Gasteiger partial charge in [0.05, 0.1) is 11.3 Å². The van der Waals surface area contributed by atoms with Crippen molar-refractivity contribution in [3.05, 3.63) is 70.8 Å². The monoisotopic (exact) mass is 277 g/mol. The first kappa shape index (κ1) is 13.6. The van der Waals surface area contributed by atoms with E-state index < -0.39 is 0 Å². The fourth-order valence-corrected chi connectivity index (χ4v) is 2.48. The van der Waals surface area contributed by atoms with E-state index in [1.54, 1.807) is 10.6 Å². The van der Waals surface area contributed by atoms with Gasteiger partial charge in [-0.3, -0.25) is 9.20 Å². The molecule has 0 saturated carbocycles. The van der Waals surface area contributed by atoms with Crippen LogP contribution in [0.2, 0.25) is 0 Å². The number of aryl methyl sites for hydroxylation is 1. The molecular formula is C18H17N2O. The van der Waals surface area contributed by atoms with Gasteiger partial charge in [0.2, 0.25) is 0 Å². The lowest BCUT2D eigenvalue weighted by molar-refractivity contribution is 0.774. The molecule has 1 radical (unpaired) electrons. The molecule has 3 heteroatoms. The summed E-state index contributed by atoms with van der Waals surface area (Å²) < 4.78 is 1.60. The second kappa shape index (κ2) is 5.92. The summed E-state index contributed by atoms with van der Waals surface area (Å²) in [5.41, 5.74) is 3.05. The van der Waals surface area contributed by atoms with Crippen LogP contribution >= 0.6 is 0 Å². The summed E-state index contributed by atoms with van der Waals surface area (Å²) in [6.07, 6.45) is 4.68. The number of unbranched alkanes of at least 4 members (excludes halogenated alkanes) is 1. The maximum atomic E-state index is 12.8. The molecule has 105 valence electrons. The van der Waals surface area contributed by atoms with Crippen molar-refractivity contribution in [3.8, 4) is 11.1 Å². The molecule has 0 spiro atoms. The van der Waals surface area contributed by atoms with Crippen LogP contribution in [-0.4, -0.2) is 9.38 Å². The van der Waals surface area contributed by atoms with Crippen LogP contribution in [0, 0.1) is 6.07 Å². The highest BCUT2D eigenvalue weighted by Crippen LogP contribution is 2.20. The number of nitrogens with zero attached hydrogens (tertiary/aromatic N) is 2. The number of aromatic nitrogens is 2. The molecule has 1 aromatic carbocycles. The van der Waals surface area contributed by atoms with Gasteiger partial charge in [-0.2, -0.15) is 0 Å². The second-order valence-corrected chi connectivity index (χ2v) is 5.05. The number of rotatable bonds is 4. The van der Waals surface area contributed by atoms with Gasteiger partial charge in [-0.1, -0.05) is 43.7 Å². The molecule has 3 rings (SSSR count). The molecule has 21 heavy (non-hydrogen) atoms. The maximum absolute atomic E-state index is 12.8. The molecule has 2 heterocycles. The molecule has 0 atom stereocenters. The molecule has 0 unspecified atom stereocenters. The number of pyridine rings is 1. The Morgan fingerprint density at radius 1 is 1.19 bits per heavy atom. The van der Waals surface area contributed by atoms with Crippen molar-refractivity contribution in [1.29, 1.82) is 0 Å². The van der Waals surface area contributed by atoms with E-state index in [-0.39, 0.29) is 5.56 Å². The van der Waals surface area contributed by atoms with E-state index in [4.69, 9.17) is 4.98 Å². The zero-order valence-electron chi connectivity index (χ0n) is 12.0. The van der Waals surface area contributed by atoms with Crippen molar-refractivity contribution in [2.45, 2.75) is 26.2 Å². The fourth-order valence-electron chi connectivity index (χ4n) is 2.48. The summed E-state index contributed by atoms with van der Waals surface area (Å²) >= 11 is 0. The normalized spacial score (nSPS) is 10.9. The highest BCUT2D eigenvalue weighted by Gasteiger charge is 2.14. The first-order valence-corrected chi connectivity index (χ1v) is 7.28. The predicted octanol–water partition coefficient (Wildman–Crippen LogP) is 3.50. The zero-order chi connectivity index (χ0) is 14.7. The van der Waals surface area contributed by atoms with Crippen molar-refractivity contribution >= 4 is 5.65 Å². The first-order chi connectivity index (χ1) is 10.3. The van der Waals surface area contributed by atoms with Gasteiger partial charge in [-0.05, 0) is 36.6 Å². The average molecular weight is 277 g/mol. The Hall–Kier alpha value is -2.42. The minimum absolute atomic E-state index is 0.0193. The van der Waals surface area contributed by atoms with Crippen molar-refractivity contribution in [1.82, 2.24) is 9.38 Å². The fraction of sp³-hybridized carbons (Fsp3) is 0.222. The van der Waals surface area contributed by atoms with Crippen molar-refractivity contribution in [3.63, 3.8) is 0 Å². The first-order valence-electron chi connectivity index (χ1n) is 7.28. The van der Waals surface area contributed by atoms with Crippen LogP contribution < -0.4 is 5.56 Å². The number of fused-ring (bicyclic) bond motifs is 1. The lowest BCUT2D eigenvalue weighted by Gasteiger charge is -2.10. The van der Waals surface area contributed by atoms with E-state index >= 15 is 0 Å². The Balaban J connectivity index is 2.29. The minimum Gasteiger partial charge on any atom is -0.268 e. The van der Waals surface area contributed by atoms with E-state index in [0.29, 0.717) is 11.2 Å². The van der Waals surface area contributed by atoms with Gasteiger partial charge in [0.1, 0.15) is 5.65 Å². The van der Waals surface area contributed by atoms with Gasteiger partial charge in [0.15, 0.2) is 0 Å². The summed E-state index contributed by atoms with van der Waals surface area (Å²) in [4.78, 5) is 17.5. The largest absolute Gasteiger partial charge is 0.268 e. The lowest BCUT2D eigenvalue weighted by atomic mass is 10.0. The maximum Gasteiger partial charge on any atom is 0.266 e. The molecule has 0 aliphatic rings. The van der Waals surface area contributed by atoms with E-state index in [0.717, 1.165) is 30.5 Å². The molecular weight excluding hydrogens is 260 g/mol. The highest BCUT2D eigenvalue weighted by atomic mass is 16.1. The van der Waals surface area contributed by atoms with Crippen LogP contribution in [0.3, 0.4) is 0 Å². The van der Waals surface area contributed by atoms with Gasteiger partial charge in [-0.15, -0.1) is 0 Å². The van der Waals surface area contributed by atoms with Crippen LogP contribution in [0.15, 0.2) is 53.5 Å². The molecule has 0 amide bonds. The molecule has 0 saturated heterocycles. The molecule has 0 N–H and O–H groups in total. The van der Waals surface area contributed by atoms with E-state index in [9.17, 15) is 4.79 Å². The number of hydrogen-bond acceptors (Lipinski definition) is 2. The Morgan fingerprint density at radius 2 is 2.05 bits per heavy atom. The molecule has 3 nitrogen and oxygen atoms in total. The Kier molecular flexibility index (Phi) is 3.82. The van der Waals surface area contributed by atoms with Crippen LogP contribution in [0.4, 0.5) is 0 Å². The minimum atomic E-state index is -0.0193. The van der Waals surface area contributed by atoms with Crippen molar-refractivity contribution in [2.75, 3.05) is 0 Å². The Morgan fingerprint density at radius 3 is 2.81 bits per heavy atom. The summed E-state index contributed by atoms with van der Waals surface area (Å²) in [7, 11) is 0.